The SMILES string of the molecule is C=Cc1cc(-c2cc(CCc3ccc(Cl)s3)n(C(=O)c3ccccc3OC)n2)cc(=O)[nH]1. The first-order valence-electron chi connectivity index (χ1n) is 9.86. The predicted octanol–water partition coefficient (Wildman–Crippen LogP) is 5.08. The summed E-state index contributed by atoms with van der Waals surface area (Å²) in [6.07, 6.45) is 2.83. The average molecular weight is 466 g/mol. The Balaban J connectivity index is 1.77. The van der Waals surface area contributed by atoms with Gasteiger partial charge in [-0.1, -0.05) is 30.3 Å². The Labute approximate surface area is 193 Å². The van der Waals surface area contributed by atoms with Gasteiger partial charge in [0.15, 0.2) is 0 Å². The number of ether oxygens (including phenoxy) is 1. The molecule has 1 N–H and O–H groups in total. The van der Waals surface area contributed by atoms with Crippen molar-refractivity contribution in [2.75, 3.05) is 7.11 Å². The number of halogens is 1. The van der Waals surface area contributed by atoms with Crippen LogP contribution in [0.3, 0.4) is 0 Å². The zero-order chi connectivity index (χ0) is 22.7. The van der Waals surface area contributed by atoms with Gasteiger partial charge in [-0.15, -0.1) is 11.3 Å². The van der Waals surface area contributed by atoms with Crippen molar-refractivity contribution in [2.45, 2.75) is 12.8 Å². The number of methoxy groups -OCH3 is 1. The molecule has 4 aromatic rings. The molecule has 0 bridgehead atoms. The number of hydrogen-bond acceptors (Lipinski definition) is 5. The van der Waals surface area contributed by atoms with E-state index in [0.717, 1.165) is 14.9 Å². The molecular formula is C24H20ClN3O3S. The molecule has 3 aromatic heterocycles. The van der Waals surface area contributed by atoms with Crippen LogP contribution < -0.4 is 10.3 Å². The Kier molecular flexibility index (Phi) is 6.39. The van der Waals surface area contributed by atoms with Gasteiger partial charge in [-0.25, -0.2) is 4.68 Å². The second-order valence-electron chi connectivity index (χ2n) is 7.04. The third-order valence-electron chi connectivity index (χ3n) is 4.95. The first-order chi connectivity index (χ1) is 15.5. The molecule has 0 fully saturated rings. The molecule has 0 aliphatic rings. The van der Waals surface area contributed by atoms with Gasteiger partial charge in [0.05, 0.1) is 22.7 Å². The number of nitrogens with one attached hydrogen (secondary N) is 1. The number of rotatable bonds is 7. The lowest BCUT2D eigenvalue weighted by Gasteiger charge is -2.09. The minimum absolute atomic E-state index is 0.266. The van der Waals surface area contributed by atoms with Crippen molar-refractivity contribution in [3.8, 4) is 17.0 Å². The van der Waals surface area contributed by atoms with Crippen LogP contribution in [0.4, 0.5) is 0 Å². The summed E-state index contributed by atoms with van der Waals surface area (Å²) in [6, 6.07) is 15.9. The van der Waals surface area contributed by atoms with Crippen LogP contribution in [0.2, 0.25) is 4.34 Å². The number of benzene rings is 1. The van der Waals surface area contributed by atoms with Crippen LogP contribution in [-0.4, -0.2) is 27.8 Å². The van der Waals surface area contributed by atoms with Gasteiger partial charge in [-0.05, 0) is 55.3 Å². The molecule has 0 radical (unpaired) electrons. The average Bonchev–Trinajstić information content (AvgIpc) is 3.42. The van der Waals surface area contributed by atoms with E-state index >= 15 is 0 Å². The lowest BCUT2D eigenvalue weighted by Crippen LogP contribution is -2.18. The standard InChI is InChI=1S/C24H20ClN3O3S/c1-3-16-12-15(13-23(29)26-16)20-14-17(8-9-18-10-11-22(25)32-18)28(27-20)24(30)19-6-4-5-7-21(19)31-2/h3-7,10-14H,1,8-9H2,2H3,(H,26,29). The minimum atomic E-state index is -0.304. The number of hydrogen-bond donors (Lipinski definition) is 1. The number of thiophene rings is 1. The topological polar surface area (TPSA) is 77.0 Å². The number of para-hydroxylation sites is 1. The first-order valence-corrected chi connectivity index (χ1v) is 11.1. The van der Waals surface area contributed by atoms with Crippen LogP contribution in [0.25, 0.3) is 17.3 Å². The number of aryl methyl sites for hydroxylation is 2. The van der Waals surface area contributed by atoms with Crippen LogP contribution in [0, 0.1) is 0 Å². The molecule has 4 rings (SSSR count). The molecule has 6 nitrogen and oxygen atoms in total. The van der Waals surface area contributed by atoms with Crippen LogP contribution in [0.5, 0.6) is 5.75 Å². The van der Waals surface area contributed by atoms with Gasteiger partial charge < -0.3 is 9.72 Å². The van der Waals surface area contributed by atoms with Crippen molar-refractivity contribution < 1.29 is 9.53 Å². The Morgan fingerprint density at radius 1 is 1.22 bits per heavy atom. The molecule has 1 aromatic carbocycles. The molecule has 3 heterocycles. The highest BCUT2D eigenvalue weighted by atomic mass is 35.5. The monoisotopic (exact) mass is 465 g/mol. The molecule has 0 unspecified atom stereocenters. The van der Waals surface area contributed by atoms with Gasteiger partial charge in [0.2, 0.25) is 5.56 Å². The quantitative estimate of drug-likeness (QED) is 0.413. The number of carbonyl (C=O) groups excluding carboxylic acids is 1. The summed E-state index contributed by atoms with van der Waals surface area (Å²) in [7, 11) is 1.52. The fraction of sp³-hybridized carbons (Fsp3) is 0.125. The van der Waals surface area contributed by atoms with Crippen LogP contribution in [0.1, 0.15) is 26.6 Å². The third-order valence-corrected chi connectivity index (χ3v) is 6.24. The highest BCUT2D eigenvalue weighted by Gasteiger charge is 2.20. The van der Waals surface area contributed by atoms with E-state index in [1.165, 1.54) is 29.2 Å². The molecule has 0 atom stereocenters. The Hall–Kier alpha value is -3.42. The smallest absolute Gasteiger partial charge is 0.282 e. The molecule has 0 aliphatic carbocycles. The minimum Gasteiger partial charge on any atom is -0.496 e. The fourth-order valence-electron chi connectivity index (χ4n) is 3.41. The molecule has 0 amide bonds. The number of aromatic nitrogens is 3. The van der Waals surface area contributed by atoms with Crippen molar-refractivity contribution in [3.05, 3.63) is 97.7 Å². The van der Waals surface area contributed by atoms with Crippen molar-refractivity contribution in [2.24, 2.45) is 0 Å². The first kappa shape index (κ1) is 21.8. The lowest BCUT2D eigenvalue weighted by atomic mass is 10.1. The predicted molar refractivity (Wildman–Crippen MR) is 128 cm³/mol. The number of aromatic amines is 1. The van der Waals surface area contributed by atoms with E-state index < -0.39 is 0 Å². The van der Waals surface area contributed by atoms with Gasteiger partial charge in [-0.2, -0.15) is 5.10 Å². The van der Waals surface area contributed by atoms with Crippen molar-refractivity contribution >= 4 is 34.9 Å². The van der Waals surface area contributed by atoms with E-state index in [2.05, 4.69) is 16.7 Å². The summed E-state index contributed by atoms with van der Waals surface area (Å²) < 4.78 is 7.47. The maximum Gasteiger partial charge on any atom is 0.282 e. The highest BCUT2D eigenvalue weighted by Crippen LogP contribution is 2.26. The van der Waals surface area contributed by atoms with Crippen molar-refractivity contribution in [1.82, 2.24) is 14.8 Å². The molecule has 0 saturated carbocycles. The van der Waals surface area contributed by atoms with Gasteiger partial charge in [0, 0.05) is 27.9 Å². The number of nitrogens with zero attached hydrogens (tertiary/aromatic N) is 2. The molecular weight excluding hydrogens is 446 g/mol. The largest absolute Gasteiger partial charge is 0.496 e. The van der Waals surface area contributed by atoms with E-state index in [4.69, 9.17) is 16.3 Å². The van der Waals surface area contributed by atoms with Crippen molar-refractivity contribution in [3.63, 3.8) is 0 Å². The zero-order valence-electron chi connectivity index (χ0n) is 17.3. The summed E-state index contributed by atoms with van der Waals surface area (Å²) in [5, 5.41) is 4.57. The molecule has 162 valence electrons. The Morgan fingerprint density at radius 2 is 2.03 bits per heavy atom. The van der Waals surface area contributed by atoms with Crippen LogP contribution in [-0.2, 0) is 12.8 Å². The number of H-pyrrole nitrogens is 1. The zero-order valence-corrected chi connectivity index (χ0v) is 18.9. The normalized spacial score (nSPS) is 10.8. The molecule has 0 aliphatic heterocycles. The van der Waals surface area contributed by atoms with Gasteiger partial charge in [-0.3, -0.25) is 9.59 Å². The summed E-state index contributed by atoms with van der Waals surface area (Å²) in [4.78, 5) is 29.3. The maximum atomic E-state index is 13.4. The van der Waals surface area contributed by atoms with Gasteiger partial charge in [0.1, 0.15) is 5.75 Å². The molecule has 8 heteroatoms. The maximum absolute atomic E-state index is 13.4. The Bertz CT molecular complexity index is 1350. The van der Waals surface area contributed by atoms with Crippen LogP contribution in [0.15, 0.2) is 66.0 Å². The van der Waals surface area contributed by atoms with E-state index in [1.54, 1.807) is 36.4 Å². The van der Waals surface area contributed by atoms with Crippen LogP contribution >= 0.6 is 22.9 Å². The number of carbonyl (C=O) groups is 1. The molecule has 0 spiro atoms. The second-order valence-corrected chi connectivity index (χ2v) is 8.84. The Morgan fingerprint density at radius 3 is 2.75 bits per heavy atom. The molecule has 32 heavy (non-hydrogen) atoms. The lowest BCUT2D eigenvalue weighted by molar-refractivity contribution is 0.0939. The molecule has 0 saturated heterocycles. The fourth-order valence-corrected chi connectivity index (χ4v) is 4.50. The summed E-state index contributed by atoms with van der Waals surface area (Å²) in [6.45, 7) is 3.71. The third kappa shape index (κ3) is 4.59. The van der Waals surface area contributed by atoms with E-state index in [0.29, 0.717) is 41.1 Å². The van der Waals surface area contributed by atoms with E-state index in [1.807, 2.05) is 18.2 Å². The summed E-state index contributed by atoms with van der Waals surface area (Å²) >= 11 is 7.57. The van der Waals surface area contributed by atoms with Gasteiger partial charge >= 0.3 is 0 Å². The van der Waals surface area contributed by atoms with E-state index in [-0.39, 0.29) is 11.5 Å². The number of pyridine rings is 1. The summed E-state index contributed by atoms with van der Waals surface area (Å²) in [5.41, 5.74) is 2.58. The highest BCUT2D eigenvalue weighted by molar-refractivity contribution is 7.16. The summed E-state index contributed by atoms with van der Waals surface area (Å²) in [5.74, 6) is 0.164. The van der Waals surface area contributed by atoms with Crippen molar-refractivity contribution in [1.29, 1.82) is 0 Å². The van der Waals surface area contributed by atoms with Gasteiger partial charge in [0.25, 0.3) is 5.91 Å². The second kappa shape index (κ2) is 9.38. The van der Waals surface area contributed by atoms with E-state index in [9.17, 15) is 9.59 Å².